The number of hydrogen-bond acceptors (Lipinski definition) is 6. The second kappa shape index (κ2) is 10.5. The summed E-state index contributed by atoms with van der Waals surface area (Å²) in [5, 5.41) is 22.8. The first-order valence-electron chi connectivity index (χ1n) is 12.8. The lowest BCUT2D eigenvalue weighted by molar-refractivity contribution is -0.135. The van der Waals surface area contributed by atoms with Gasteiger partial charge in [-0.05, 0) is 60.6 Å². The molecule has 3 aromatic rings. The van der Waals surface area contributed by atoms with Crippen LogP contribution in [0.4, 0.5) is 0 Å². The Morgan fingerprint density at radius 1 is 1.05 bits per heavy atom. The van der Waals surface area contributed by atoms with Crippen LogP contribution in [0.2, 0.25) is 0 Å². The number of hydrogen-bond donors (Lipinski definition) is 2. The second-order valence-electron chi connectivity index (χ2n) is 10.4. The molecule has 2 amide bonds. The Labute approximate surface area is 216 Å². The van der Waals surface area contributed by atoms with Crippen molar-refractivity contribution in [2.75, 3.05) is 33.3 Å². The van der Waals surface area contributed by atoms with Gasteiger partial charge in [-0.1, -0.05) is 24.3 Å². The van der Waals surface area contributed by atoms with Gasteiger partial charge in [-0.15, -0.1) is 0 Å². The van der Waals surface area contributed by atoms with Crippen LogP contribution in [0.1, 0.15) is 35.2 Å². The van der Waals surface area contributed by atoms with Crippen LogP contribution < -0.4 is 4.74 Å². The second-order valence-corrected chi connectivity index (χ2v) is 10.4. The summed E-state index contributed by atoms with van der Waals surface area (Å²) in [5.74, 6) is 0.360. The van der Waals surface area contributed by atoms with Gasteiger partial charge in [-0.3, -0.25) is 14.6 Å². The zero-order valence-electron chi connectivity index (χ0n) is 21.0. The molecule has 8 nitrogen and oxygen atoms in total. The Morgan fingerprint density at radius 3 is 2.65 bits per heavy atom. The maximum atomic E-state index is 13.3. The highest BCUT2D eigenvalue weighted by Crippen LogP contribution is 2.39. The number of benzene rings is 2. The van der Waals surface area contributed by atoms with Gasteiger partial charge >= 0.3 is 0 Å². The van der Waals surface area contributed by atoms with Gasteiger partial charge in [0.2, 0.25) is 0 Å². The van der Waals surface area contributed by atoms with Crippen molar-refractivity contribution in [3.8, 4) is 5.75 Å². The standard InChI is InChI=1S/C29H33N3O5/c1-31-19-29(17-25(34)24(33)16-21-5-2-3-7-26(21)37-18-27(31)35)10-13-32(14-11-29)28(36)22-8-9-23-20(15-22)6-4-12-30-23/h2-9,12,15,24-25,33-34H,10-11,13-14,16-19H2,1H3/t24-,25+/m0/s1. The van der Waals surface area contributed by atoms with Crippen LogP contribution in [0, 0.1) is 5.41 Å². The highest BCUT2D eigenvalue weighted by Gasteiger charge is 2.41. The Hall–Kier alpha value is -3.49. The molecule has 2 aliphatic rings. The lowest BCUT2D eigenvalue weighted by Crippen LogP contribution is -2.51. The van der Waals surface area contributed by atoms with Crippen LogP contribution in [0.15, 0.2) is 60.8 Å². The number of likely N-dealkylation sites (tertiary alicyclic amines) is 1. The van der Waals surface area contributed by atoms with Crippen LogP contribution >= 0.6 is 0 Å². The number of aliphatic hydroxyl groups is 2. The van der Waals surface area contributed by atoms with Crippen molar-refractivity contribution in [2.24, 2.45) is 5.41 Å². The van der Waals surface area contributed by atoms with Crippen molar-refractivity contribution in [1.82, 2.24) is 14.8 Å². The summed E-state index contributed by atoms with van der Waals surface area (Å²) in [5.41, 5.74) is 1.80. The molecule has 2 atom stereocenters. The summed E-state index contributed by atoms with van der Waals surface area (Å²) >= 11 is 0. The molecule has 8 heteroatoms. The van der Waals surface area contributed by atoms with E-state index >= 15 is 0 Å². The molecule has 2 aromatic carbocycles. The number of likely N-dealkylation sites (N-methyl/N-ethyl adjacent to an activating group) is 1. The summed E-state index contributed by atoms with van der Waals surface area (Å²) < 4.78 is 5.79. The molecule has 2 N–H and O–H groups in total. The molecule has 0 unspecified atom stereocenters. The number of carbonyl (C=O) groups is 2. The van der Waals surface area contributed by atoms with E-state index in [1.165, 1.54) is 0 Å². The molecule has 0 radical (unpaired) electrons. The minimum absolute atomic E-state index is 0.0382. The fraction of sp³-hybridized carbons (Fsp3) is 0.414. The van der Waals surface area contributed by atoms with Crippen LogP contribution in [-0.2, 0) is 11.2 Å². The number of aromatic nitrogens is 1. The molecule has 1 fully saturated rings. The smallest absolute Gasteiger partial charge is 0.260 e. The number of amides is 2. The predicted octanol–water partition coefficient (Wildman–Crippen LogP) is 2.66. The molecule has 194 valence electrons. The first-order valence-corrected chi connectivity index (χ1v) is 12.8. The van der Waals surface area contributed by atoms with Gasteiger partial charge in [-0.2, -0.15) is 0 Å². The summed E-state index contributed by atoms with van der Waals surface area (Å²) in [4.78, 5) is 34.0. The lowest BCUT2D eigenvalue weighted by Gasteiger charge is -2.45. The van der Waals surface area contributed by atoms with Crippen molar-refractivity contribution in [1.29, 1.82) is 0 Å². The number of piperidine rings is 1. The average Bonchev–Trinajstić information content (AvgIpc) is 2.91. The molecule has 0 bridgehead atoms. The SMILES string of the molecule is CN1CC2(CCN(C(=O)c3ccc4ncccc4c3)CC2)C[C@@H](O)[C@@H](O)Cc2ccccc2OCC1=O. The first-order chi connectivity index (χ1) is 17.8. The largest absolute Gasteiger partial charge is 0.483 e. The van der Waals surface area contributed by atoms with Crippen LogP contribution in [0.25, 0.3) is 10.9 Å². The van der Waals surface area contributed by atoms with Crippen molar-refractivity contribution < 1.29 is 24.5 Å². The summed E-state index contributed by atoms with van der Waals surface area (Å²) in [6, 6.07) is 16.6. The molecule has 0 aliphatic carbocycles. The third kappa shape index (κ3) is 5.45. The van der Waals surface area contributed by atoms with Crippen molar-refractivity contribution in [3.05, 3.63) is 71.9 Å². The maximum Gasteiger partial charge on any atom is 0.260 e. The van der Waals surface area contributed by atoms with Crippen LogP contribution in [-0.4, -0.2) is 82.3 Å². The minimum Gasteiger partial charge on any atom is -0.483 e. The van der Waals surface area contributed by atoms with E-state index in [1.54, 1.807) is 24.2 Å². The van der Waals surface area contributed by atoms with Gasteiger partial charge in [-0.25, -0.2) is 0 Å². The number of ether oxygens (including phenoxy) is 1. The molecule has 5 rings (SSSR count). The number of rotatable bonds is 1. The molecule has 37 heavy (non-hydrogen) atoms. The monoisotopic (exact) mass is 503 g/mol. The summed E-state index contributed by atoms with van der Waals surface area (Å²) in [6.45, 7) is 1.34. The zero-order valence-corrected chi connectivity index (χ0v) is 21.0. The molecular formula is C29H33N3O5. The fourth-order valence-electron chi connectivity index (χ4n) is 5.60. The molecule has 3 heterocycles. The number of aliphatic hydroxyl groups excluding tert-OH is 2. The van der Waals surface area contributed by atoms with Gasteiger partial charge in [0.15, 0.2) is 6.61 Å². The third-order valence-electron chi connectivity index (χ3n) is 7.80. The number of carbonyl (C=O) groups excluding carboxylic acids is 2. The first kappa shape index (κ1) is 25.2. The molecule has 1 saturated heterocycles. The number of fused-ring (bicyclic) bond motifs is 2. The van der Waals surface area contributed by atoms with Gasteiger partial charge in [0.1, 0.15) is 5.75 Å². The van der Waals surface area contributed by atoms with Crippen LogP contribution in [0.5, 0.6) is 5.75 Å². The maximum absolute atomic E-state index is 13.3. The molecule has 0 saturated carbocycles. The topological polar surface area (TPSA) is 103 Å². The van der Waals surface area contributed by atoms with E-state index < -0.39 is 17.6 Å². The van der Waals surface area contributed by atoms with Crippen molar-refractivity contribution in [3.63, 3.8) is 0 Å². The molecule has 1 aromatic heterocycles. The third-order valence-corrected chi connectivity index (χ3v) is 7.80. The number of nitrogens with zero attached hydrogens (tertiary/aromatic N) is 3. The van der Waals surface area contributed by atoms with E-state index in [0.717, 1.165) is 16.5 Å². The zero-order chi connectivity index (χ0) is 26.0. The molecule has 2 aliphatic heterocycles. The van der Waals surface area contributed by atoms with Crippen molar-refractivity contribution in [2.45, 2.75) is 37.9 Å². The van der Waals surface area contributed by atoms with E-state index in [4.69, 9.17) is 4.74 Å². The lowest BCUT2D eigenvalue weighted by atomic mass is 9.72. The minimum atomic E-state index is -0.966. The van der Waals surface area contributed by atoms with Gasteiger partial charge < -0.3 is 24.7 Å². The van der Waals surface area contributed by atoms with Crippen molar-refractivity contribution >= 4 is 22.7 Å². The fourth-order valence-corrected chi connectivity index (χ4v) is 5.60. The number of para-hydroxylation sites is 1. The Bertz CT molecular complexity index is 1290. The van der Waals surface area contributed by atoms with E-state index in [2.05, 4.69) is 4.98 Å². The summed E-state index contributed by atoms with van der Waals surface area (Å²) in [7, 11) is 1.74. The van der Waals surface area contributed by atoms with E-state index in [1.807, 2.05) is 53.4 Å². The van der Waals surface area contributed by atoms with E-state index in [-0.39, 0.29) is 24.8 Å². The molecular weight excluding hydrogens is 470 g/mol. The van der Waals surface area contributed by atoms with Crippen LogP contribution in [0.3, 0.4) is 0 Å². The van der Waals surface area contributed by atoms with E-state index in [9.17, 15) is 19.8 Å². The normalized spacial score (nSPS) is 22.6. The van der Waals surface area contributed by atoms with Gasteiger partial charge in [0.25, 0.3) is 11.8 Å². The Morgan fingerprint density at radius 2 is 1.84 bits per heavy atom. The Kier molecular flexibility index (Phi) is 7.13. The summed E-state index contributed by atoms with van der Waals surface area (Å²) in [6.07, 6.45) is 1.62. The average molecular weight is 504 g/mol. The Balaban J connectivity index is 1.33. The number of pyridine rings is 1. The highest BCUT2D eigenvalue weighted by molar-refractivity contribution is 5.98. The van der Waals surface area contributed by atoms with Gasteiger partial charge in [0, 0.05) is 50.2 Å². The molecule has 1 spiro atoms. The van der Waals surface area contributed by atoms with Gasteiger partial charge in [0.05, 0.1) is 17.7 Å². The highest BCUT2D eigenvalue weighted by atomic mass is 16.5. The van der Waals surface area contributed by atoms with E-state index in [0.29, 0.717) is 50.2 Å². The predicted molar refractivity (Wildman–Crippen MR) is 139 cm³/mol. The quantitative estimate of drug-likeness (QED) is 0.529.